The number of hydrogen-bond acceptors (Lipinski definition) is 5. The van der Waals surface area contributed by atoms with E-state index in [0.717, 1.165) is 30.0 Å². The van der Waals surface area contributed by atoms with Gasteiger partial charge in [-0.25, -0.2) is 4.79 Å². The molecule has 1 aliphatic rings. The van der Waals surface area contributed by atoms with Crippen LogP contribution in [0.25, 0.3) is 0 Å². The average Bonchev–Trinajstić information content (AvgIpc) is 2.53. The lowest BCUT2D eigenvalue weighted by molar-refractivity contribution is -0.384. The first-order valence-corrected chi connectivity index (χ1v) is 8.49. The van der Waals surface area contributed by atoms with Gasteiger partial charge in [-0.1, -0.05) is 0 Å². The van der Waals surface area contributed by atoms with E-state index in [-0.39, 0.29) is 5.69 Å². The van der Waals surface area contributed by atoms with Crippen molar-refractivity contribution in [2.75, 3.05) is 18.0 Å². The molecule has 1 N–H and O–H groups in total. The molecule has 0 radical (unpaired) electrons. The number of nitro benzene ring substituents is 1. The zero-order valence-electron chi connectivity index (χ0n) is 15.3. The topological polar surface area (TPSA) is 84.7 Å². The highest BCUT2D eigenvalue weighted by atomic mass is 19.4. The third kappa shape index (κ3) is 5.31. The number of nitrogens with one attached hydrogen (secondary N) is 1. The van der Waals surface area contributed by atoms with Gasteiger partial charge < -0.3 is 10.1 Å². The van der Waals surface area contributed by atoms with Crippen molar-refractivity contribution < 1.29 is 27.6 Å². The number of nitrogens with zero attached hydrogens (tertiary/aromatic N) is 2. The van der Waals surface area contributed by atoms with Crippen LogP contribution in [0.5, 0.6) is 0 Å². The largest absolute Gasteiger partial charge is 0.443 e. The van der Waals surface area contributed by atoms with E-state index < -0.39 is 40.1 Å². The maximum absolute atomic E-state index is 13.0. The summed E-state index contributed by atoms with van der Waals surface area (Å²) in [5, 5.41) is 14.5. The number of alkyl halides is 3. The minimum absolute atomic E-state index is 0.212. The van der Waals surface area contributed by atoms with Crippen LogP contribution in [0.4, 0.5) is 29.3 Å². The lowest BCUT2D eigenvalue weighted by Crippen LogP contribution is -2.50. The average molecular weight is 389 g/mol. The predicted octanol–water partition coefficient (Wildman–Crippen LogP) is 4.11. The van der Waals surface area contributed by atoms with E-state index in [9.17, 15) is 28.1 Å². The van der Waals surface area contributed by atoms with Gasteiger partial charge in [-0.2, -0.15) is 13.2 Å². The van der Waals surface area contributed by atoms with Crippen LogP contribution >= 0.6 is 0 Å². The Balaban J connectivity index is 2.53. The van der Waals surface area contributed by atoms with Gasteiger partial charge in [-0.15, -0.1) is 0 Å². The van der Waals surface area contributed by atoms with E-state index in [1.54, 1.807) is 20.8 Å². The third-order valence-electron chi connectivity index (χ3n) is 3.99. The predicted molar refractivity (Wildman–Crippen MR) is 92.7 cm³/mol. The van der Waals surface area contributed by atoms with Crippen molar-refractivity contribution in [2.24, 2.45) is 0 Å². The highest BCUT2D eigenvalue weighted by molar-refractivity contribution is 5.91. The van der Waals surface area contributed by atoms with Crippen LogP contribution < -0.4 is 10.2 Å². The van der Waals surface area contributed by atoms with Crippen LogP contribution in [0.1, 0.15) is 39.2 Å². The molecule has 1 fully saturated rings. The van der Waals surface area contributed by atoms with Gasteiger partial charge in [0.2, 0.25) is 0 Å². The van der Waals surface area contributed by atoms with E-state index >= 15 is 0 Å². The van der Waals surface area contributed by atoms with E-state index in [1.807, 2.05) is 0 Å². The van der Waals surface area contributed by atoms with Gasteiger partial charge in [0, 0.05) is 12.6 Å². The summed E-state index contributed by atoms with van der Waals surface area (Å²) in [4.78, 5) is 24.4. The van der Waals surface area contributed by atoms with Gasteiger partial charge in [0.1, 0.15) is 11.3 Å². The van der Waals surface area contributed by atoms with Crippen molar-refractivity contribution in [2.45, 2.75) is 51.4 Å². The number of rotatable bonds is 3. The Kier molecular flexibility index (Phi) is 5.98. The van der Waals surface area contributed by atoms with Crippen molar-refractivity contribution in [1.29, 1.82) is 0 Å². The van der Waals surface area contributed by atoms with Gasteiger partial charge in [-0.3, -0.25) is 15.0 Å². The Labute approximate surface area is 154 Å². The third-order valence-corrected chi connectivity index (χ3v) is 3.99. The van der Waals surface area contributed by atoms with Gasteiger partial charge in [0.05, 0.1) is 16.5 Å². The molecule has 150 valence electrons. The van der Waals surface area contributed by atoms with E-state index in [2.05, 4.69) is 5.32 Å². The zero-order chi connectivity index (χ0) is 20.4. The molecule has 1 aliphatic heterocycles. The molecule has 1 atom stereocenters. The molecule has 27 heavy (non-hydrogen) atoms. The minimum Gasteiger partial charge on any atom is -0.443 e. The molecule has 7 nitrogen and oxygen atoms in total. The SMILES string of the molecule is CC(C)(C)OC(=O)N(c1ccc(C(F)(F)F)cc1[N+](=O)[O-])[C@H]1CCCNC1. The quantitative estimate of drug-likeness (QED) is 0.621. The molecule has 0 unspecified atom stereocenters. The number of nitro groups is 1. The highest BCUT2D eigenvalue weighted by Gasteiger charge is 2.38. The van der Waals surface area contributed by atoms with Crippen LogP contribution in [0.15, 0.2) is 18.2 Å². The second-order valence-electron chi connectivity index (χ2n) is 7.31. The summed E-state index contributed by atoms with van der Waals surface area (Å²) in [7, 11) is 0. The standard InChI is InChI=1S/C17H22F3N3O4/c1-16(2,3)27-15(24)22(12-5-4-8-21-10-12)13-7-6-11(17(18,19)20)9-14(13)23(25)26/h6-7,9,12,21H,4-5,8,10H2,1-3H3/t12-/m0/s1. The molecule has 0 aliphatic carbocycles. The number of halogens is 3. The Morgan fingerprint density at radius 3 is 2.48 bits per heavy atom. The molecule has 1 aromatic carbocycles. The Bertz CT molecular complexity index is 710. The number of carbonyl (C=O) groups excluding carboxylic acids is 1. The van der Waals surface area contributed by atoms with Crippen molar-refractivity contribution in [1.82, 2.24) is 5.32 Å². The van der Waals surface area contributed by atoms with E-state index in [0.29, 0.717) is 19.0 Å². The lowest BCUT2D eigenvalue weighted by Gasteiger charge is -2.35. The fraction of sp³-hybridized carbons (Fsp3) is 0.588. The number of benzene rings is 1. The lowest BCUT2D eigenvalue weighted by atomic mass is 10.0. The molecule has 0 saturated carbocycles. The Morgan fingerprint density at radius 1 is 1.33 bits per heavy atom. The molecular weight excluding hydrogens is 367 g/mol. The van der Waals surface area contributed by atoms with Crippen LogP contribution in [0.2, 0.25) is 0 Å². The molecule has 1 amide bonds. The first kappa shape index (κ1) is 20.9. The number of anilines is 1. The molecule has 0 aromatic heterocycles. The summed E-state index contributed by atoms with van der Waals surface area (Å²) in [6.45, 7) is 6.02. The van der Waals surface area contributed by atoms with E-state index in [4.69, 9.17) is 4.74 Å². The van der Waals surface area contributed by atoms with Gasteiger partial charge >= 0.3 is 12.3 Å². The first-order chi connectivity index (χ1) is 12.4. The fourth-order valence-electron chi connectivity index (χ4n) is 2.86. The summed E-state index contributed by atoms with van der Waals surface area (Å²) < 4.78 is 44.2. The fourth-order valence-corrected chi connectivity index (χ4v) is 2.86. The number of amides is 1. The number of piperidine rings is 1. The first-order valence-electron chi connectivity index (χ1n) is 8.49. The summed E-state index contributed by atoms with van der Waals surface area (Å²) in [5.74, 6) is 0. The number of carbonyl (C=O) groups is 1. The maximum Gasteiger partial charge on any atom is 0.416 e. The zero-order valence-corrected chi connectivity index (χ0v) is 15.3. The molecular formula is C17H22F3N3O4. The molecule has 10 heteroatoms. The number of ether oxygens (including phenoxy) is 1. The molecule has 1 heterocycles. The monoisotopic (exact) mass is 389 g/mol. The Morgan fingerprint density at radius 2 is 2.00 bits per heavy atom. The molecule has 1 aromatic rings. The molecule has 1 saturated heterocycles. The normalized spacial score (nSPS) is 18.1. The Hall–Kier alpha value is -2.36. The smallest absolute Gasteiger partial charge is 0.416 e. The molecule has 0 spiro atoms. The van der Waals surface area contributed by atoms with Gasteiger partial charge in [-0.05, 0) is 52.3 Å². The number of hydrogen-bond donors (Lipinski definition) is 1. The van der Waals surface area contributed by atoms with Crippen LogP contribution in [0, 0.1) is 10.1 Å². The van der Waals surface area contributed by atoms with Crippen LogP contribution in [-0.2, 0) is 10.9 Å². The second-order valence-corrected chi connectivity index (χ2v) is 7.31. The molecule has 0 bridgehead atoms. The van der Waals surface area contributed by atoms with Crippen molar-refractivity contribution in [3.63, 3.8) is 0 Å². The van der Waals surface area contributed by atoms with Gasteiger partial charge in [0.25, 0.3) is 5.69 Å². The van der Waals surface area contributed by atoms with Crippen LogP contribution in [-0.4, -0.2) is 35.7 Å². The van der Waals surface area contributed by atoms with Crippen molar-refractivity contribution >= 4 is 17.5 Å². The maximum atomic E-state index is 13.0. The highest BCUT2D eigenvalue weighted by Crippen LogP contribution is 2.38. The van der Waals surface area contributed by atoms with E-state index in [1.165, 1.54) is 0 Å². The van der Waals surface area contributed by atoms with Crippen molar-refractivity contribution in [3.05, 3.63) is 33.9 Å². The molecule has 2 rings (SSSR count). The minimum atomic E-state index is -4.73. The summed E-state index contributed by atoms with van der Waals surface area (Å²) >= 11 is 0. The van der Waals surface area contributed by atoms with Crippen molar-refractivity contribution in [3.8, 4) is 0 Å². The summed E-state index contributed by atoms with van der Waals surface area (Å²) in [6, 6.07) is 1.67. The summed E-state index contributed by atoms with van der Waals surface area (Å²) in [5.41, 5.74) is -3.01. The summed E-state index contributed by atoms with van der Waals surface area (Å²) in [6.07, 6.45) is -4.30. The van der Waals surface area contributed by atoms with Gasteiger partial charge in [0.15, 0.2) is 0 Å². The van der Waals surface area contributed by atoms with Crippen LogP contribution in [0.3, 0.4) is 0 Å². The second kappa shape index (κ2) is 7.71.